The average Bonchev–Trinajstić information content (AvgIpc) is 3.30. The maximum Gasteiger partial charge on any atom is 0.229 e. The average molecular weight is 412 g/mol. The lowest BCUT2D eigenvalue weighted by Crippen LogP contribution is -2.05. The van der Waals surface area contributed by atoms with E-state index in [1.807, 2.05) is 49.4 Å². The third-order valence-electron chi connectivity index (χ3n) is 4.17. The highest BCUT2D eigenvalue weighted by Crippen LogP contribution is 2.35. The summed E-state index contributed by atoms with van der Waals surface area (Å²) in [6.07, 6.45) is 0. The van der Waals surface area contributed by atoms with Crippen molar-refractivity contribution in [2.45, 2.75) is 30.8 Å². The SMILES string of the molecule is Cc1nnc(C(C)Sc2nnc(-c3ccc(Cl)cc3)n2Cc2ccccc2)o1. The van der Waals surface area contributed by atoms with Crippen LogP contribution in [0.1, 0.15) is 29.5 Å². The Balaban J connectivity index is 1.70. The van der Waals surface area contributed by atoms with Crippen LogP contribution in [0.25, 0.3) is 11.4 Å². The van der Waals surface area contributed by atoms with Crippen molar-refractivity contribution in [1.82, 2.24) is 25.0 Å². The van der Waals surface area contributed by atoms with E-state index in [1.165, 1.54) is 5.56 Å². The molecule has 4 rings (SSSR count). The standard InChI is InChI=1S/C20H18ClN5OS/c1-13(19-24-22-14(2)27-19)28-20-25-23-18(16-8-10-17(21)11-9-16)26(20)12-15-6-4-3-5-7-15/h3-11,13H,12H2,1-2H3. The van der Waals surface area contributed by atoms with Crippen LogP contribution in [0, 0.1) is 6.92 Å². The molecule has 6 nitrogen and oxygen atoms in total. The highest BCUT2D eigenvalue weighted by atomic mass is 35.5. The lowest BCUT2D eigenvalue weighted by atomic mass is 10.2. The molecule has 2 heterocycles. The summed E-state index contributed by atoms with van der Waals surface area (Å²) in [6.45, 7) is 4.45. The molecule has 0 saturated carbocycles. The first-order chi connectivity index (χ1) is 13.6. The van der Waals surface area contributed by atoms with Crippen molar-refractivity contribution in [3.05, 3.63) is 77.0 Å². The summed E-state index contributed by atoms with van der Waals surface area (Å²) in [5.74, 6) is 1.91. The zero-order valence-electron chi connectivity index (χ0n) is 15.4. The van der Waals surface area contributed by atoms with Gasteiger partial charge in [-0.05, 0) is 36.8 Å². The smallest absolute Gasteiger partial charge is 0.229 e. The van der Waals surface area contributed by atoms with E-state index in [1.54, 1.807) is 18.7 Å². The molecule has 1 unspecified atom stereocenters. The van der Waals surface area contributed by atoms with Gasteiger partial charge in [-0.15, -0.1) is 20.4 Å². The second kappa shape index (κ2) is 8.16. The number of nitrogens with zero attached hydrogens (tertiary/aromatic N) is 5. The van der Waals surface area contributed by atoms with Gasteiger partial charge < -0.3 is 4.42 Å². The molecule has 28 heavy (non-hydrogen) atoms. The number of thioether (sulfide) groups is 1. The second-order valence-electron chi connectivity index (χ2n) is 6.30. The van der Waals surface area contributed by atoms with E-state index in [4.69, 9.17) is 16.0 Å². The van der Waals surface area contributed by atoms with Gasteiger partial charge in [-0.2, -0.15) is 0 Å². The Labute approximate surface area is 172 Å². The van der Waals surface area contributed by atoms with Crippen LogP contribution in [0.2, 0.25) is 5.02 Å². The molecule has 0 spiro atoms. The number of hydrogen-bond donors (Lipinski definition) is 0. The lowest BCUT2D eigenvalue weighted by Gasteiger charge is -2.12. The van der Waals surface area contributed by atoms with E-state index in [9.17, 15) is 0 Å². The molecule has 0 radical (unpaired) electrons. The van der Waals surface area contributed by atoms with Gasteiger partial charge in [0.15, 0.2) is 11.0 Å². The van der Waals surface area contributed by atoms with Crippen molar-refractivity contribution >= 4 is 23.4 Å². The van der Waals surface area contributed by atoms with Crippen molar-refractivity contribution in [3.63, 3.8) is 0 Å². The minimum absolute atomic E-state index is 0.0435. The molecule has 2 aromatic carbocycles. The van der Waals surface area contributed by atoms with E-state index in [0.29, 0.717) is 23.3 Å². The highest BCUT2D eigenvalue weighted by Gasteiger charge is 2.21. The molecule has 4 aromatic rings. The first kappa shape index (κ1) is 18.7. The lowest BCUT2D eigenvalue weighted by molar-refractivity contribution is 0.470. The van der Waals surface area contributed by atoms with Crippen molar-refractivity contribution in [2.24, 2.45) is 0 Å². The van der Waals surface area contributed by atoms with Crippen LogP contribution in [0.15, 0.2) is 64.2 Å². The molecule has 0 aliphatic rings. The molecule has 0 saturated heterocycles. The fourth-order valence-electron chi connectivity index (χ4n) is 2.78. The summed E-state index contributed by atoms with van der Waals surface area (Å²) in [5.41, 5.74) is 2.13. The topological polar surface area (TPSA) is 69.6 Å². The monoisotopic (exact) mass is 411 g/mol. The van der Waals surface area contributed by atoms with Crippen LogP contribution in [-0.2, 0) is 6.54 Å². The molecular weight excluding hydrogens is 394 g/mol. The Kier molecular flexibility index (Phi) is 5.45. The molecule has 0 amide bonds. The van der Waals surface area contributed by atoms with Crippen LogP contribution < -0.4 is 0 Å². The first-order valence-corrected chi connectivity index (χ1v) is 10.1. The number of halogens is 1. The molecule has 0 bridgehead atoms. The number of rotatable bonds is 6. The van der Waals surface area contributed by atoms with Gasteiger partial charge in [0.25, 0.3) is 0 Å². The van der Waals surface area contributed by atoms with Crippen LogP contribution >= 0.6 is 23.4 Å². The maximum absolute atomic E-state index is 6.04. The molecule has 1 atom stereocenters. The Morgan fingerprint density at radius 2 is 1.75 bits per heavy atom. The number of hydrogen-bond acceptors (Lipinski definition) is 6. The summed E-state index contributed by atoms with van der Waals surface area (Å²) >= 11 is 7.58. The zero-order valence-corrected chi connectivity index (χ0v) is 17.0. The van der Waals surface area contributed by atoms with Gasteiger partial charge >= 0.3 is 0 Å². The second-order valence-corrected chi connectivity index (χ2v) is 8.05. The summed E-state index contributed by atoms with van der Waals surface area (Å²) in [5, 5.41) is 18.4. The van der Waals surface area contributed by atoms with Crippen LogP contribution in [0.4, 0.5) is 0 Å². The van der Waals surface area contributed by atoms with E-state index in [2.05, 4.69) is 37.1 Å². The maximum atomic E-state index is 6.04. The number of benzene rings is 2. The Morgan fingerprint density at radius 1 is 1.00 bits per heavy atom. The summed E-state index contributed by atoms with van der Waals surface area (Å²) in [4.78, 5) is 0. The van der Waals surface area contributed by atoms with E-state index in [0.717, 1.165) is 16.5 Å². The van der Waals surface area contributed by atoms with E-state index in [-0.39, 0.29) is 5.25 Å². The van der Waals surface area contributed by atoms with Crippen LogP contribution in [0.5, 0.6) is 0 Å². The molecule has 0 N–H and O–H groups in total. The van der Waals surface area contributed by atoms with Gasteiger partial charge in [-0.25, -0.2) is 0 Å². The zero-order chi connectivity index (χ0) is 19.5. The van der Waals surface area contributed by atoms with Crippen LogP contribution in [0.3, 0.4) is 0 Å². The van der Waals surface area contributed by atoms with Crippen molar-refractivity contribution in [2.75, 3.05) is 0 Å². The molecule has 0 aliphatic heterocycles. The van der Waals surface area contributed by atoms with Crippen LogP contribution in [-0.4, -0.2) is 25.0 Å². The number of aromatic nitrogens is 5. The predicted molar refractivity (Wildman–Crippen MR) is 109 cm³/mol. The van der Waals surface area contributed by atoms with Crippen molar-refractivity contribution in [3.8, 4) is 11.4 Å². The van der Waals surface area contributed by atoms with E-state index < -0.39 is 0 Å². The van der Waals surface area contributed by atoms with Gasteiger partial charge in [-0.3, -0.25) is 4.57 Å². The normalized spacial score (nSPS) is 12.2. The third kappa shape index (κ3) is 4.10. The van der Waals surface area contributed by atoms with Gasteiger partial charge in [0.2, 0.25) is 11.8 Å². The fraction of sp³-hybridized carbons (Fsp3) is 0.200. The number of aryl methyl sites for hydroxylation is 1. The fourth-order valence-corrected chi connectivity index (χ4v) is 3.79. The van der Waals surface area contributed by atoms with Gasteiger partial charge in [-0.1, -0.05) is 53.7 Å². The Morgan fingerprint density at radius 3 is 2.43 bits per heavy atom. The molecule has 0 aliphatic carbocycles. The predicted octanol–water partition coefficient (Wildman–Crippen LogP) is 5.19. The molecule has 142 valence electrons. The molecule has 2 aromatic heterocycles. The Bertz CT molecular complexity index is 1060. The third-order valence-corrected chi connectivity index (χ3v) is 5.49. The van der Waals surface area contributed by atoms with Gasteiger partial charge in [0, 0.05) is 17.5 Å². The minimum atomic E-state index is -0.0435. The highest BCUT2D eigenvalue weighted by molar-refractivity contribution is 7.99. The van der Waals surface area contributed by atoms with Crippen molar-refractivity contribution in [1.29, 1.82) is 0 Å². The first-order valence-electron chi connectivity index (χ1n) is 8.80. The van der Waals surface area contributed by atoms with Crippen molar-refractivity contribution < 1.29 is 4.42 Å². The molecule has 0 fully saturated rings. The quantitative estimate of drug-likeness (QED) is 0.406. The summed E-state index contributed by atoms with van der Waals surface area (Å²) in [7, 11) is 0. The summed E-state index contributed by atoms with van der Waals surface area (Å²) in [6, 6.07) is 17.8. The van der Waals surface area contributed by atoms with E-state index >= 15 is 0 Å². The summed E-state index contributed by atoms with van der Waals surface area (Å²) < 4.78 is 7.67. The molecular formula is C20H18ClN5OS. The minimum Gasteiger partial charge on any atom is -0.424 e. The Hall–Kier alpha value is -2.64. The molecule has 8 heteroatoms. The van der Waals surface area contributed by atoms with Gasteiger partial charge in [0.05, 0.1) is 11.8 Å². The largest absolute Gasteiger partial charge is 0.424 e. The van der Waals surface area contributed by atoms with Gasteiger partial charge in [0.1, 0.15) is 0 Å².